The Hall–Kier alpha value is -3.45. The number of ether oxygens (including phenoxy) is 2. The zero-order valence-corrected chi connectivity index (χ0v) is 16.1. The molecule has 1 aliphatic heterocycles. The highest BCUT2D eigenvalue weighted by Crippen LogP contribution is 2.22. The first-order valence-electron chi connectivity index (χ1n) is 9.38. The van der Waals surface area contributed by atoms with Gasteiger partial charge in [-0.2, -0.15) is 0 Å². The Bertz CT molecular complexity index is 1030. The molecule has 1 saturated heterocycles. The first-order valence-corrected chi connectivity index (χ1v) is 9.38. The van der Waals surface area contributed by atoms with E-state index in [4.69, 9.17) is 9.47 Å². The molecule has 0 unspecified atom stereocenters. The second-order valence-electron chi connectivity index (χ2n) is 6.68. The molecule has 1 aliphatic rings. The lowest BCUT2D eigenvalue weighted by Crippen LogP contribution is -2.41. The predicted molar refractivity (Wildman–Crippen MR) is 109 cm³/mol. The highest BCUT2D eigenvalue weighted by molar-refractivity contribution is 6.23. The maximum atomic E-state index is 13.3. The number of imidazole rings is 1. The fourth-order valence-corrected chi connectivity index (χ4v) is 3.25. The zero-order valence-electron chi connectivity index (χ0n) is 16.1. The van der Waals surface area contributed by atoms with E-state index in [9.17, 15) is 9.59 Å². The summed E-state index contributed by atoms with van der Waals surface area (Å²) in [5.41, 5.74) is 3.37. The van der Waals surface area contributed by atoms with Crippen molar-refractivity contribution in [1.29, 1.82) is 0 Å². The number of rotatable bonds is 4. The van der Waals surface area contributed by atoms with Crippen molar-refractivity contribution in [3.05, 3.63) is 65.5 Å². The minimum absolute atomic E-state index is 0.107. The zero-order chi connectivity index (χ0) is 20.2. The molecule has 0 saturated carbocycles. The molecule has 0 aliphatic carbocycles. The van der Waals surface area contributed by atoms with Crippen molar-refractivity contribution in [2.75, 3.05) is 33.4 Å². The van der Waals surface area contributed by atoms with E-state index in [1.54, 1.807) is 35.2 Å². The van der Waals surface area contributed by atoms with E-state index in [1.807, 2.05) is 24.3 Å². The Morgan fingerprint density at radius 3 is 2.52 bits per heavy atom. The Kier molecular flexibility index (Phi) is 5.39. The normalized spacial score (nSPS) is 14.8. The van der Waals surface area contributed by atoms with Gasteiger partial charge in [0.15, 0.2) is 0 Å². The maximum absolute atomic E-state index is 13.3. The molecule has 0 bridgehead atoms. The van der Waals surface area contributed by atoms with Gasteiger partial charge in [-0.05, 0) is 35.9 Å². The Morgan fingerprint density at radius 1 is 1.10 bits per heavy atom. The number of carbonyl (C=O) groups is 2. The van der Waals surface area contributed by atoms with Crippen LogP contribution >= 0.6 is 0 Å². The summed E-state index contributed by atoms with van der Waals surface area (Å²) < 4.78 is 10.1. The van der Waals surface area contributed by atoms with Gasteiger partial charge >= 0.3 is 5.97 Å². The highest BCUT2D eigenvalue weighted by Gasteiger charge is 2.24. The standard InChI is InChI=1S/C22H21N3O4/c1-28-22(27)16-8-6-15(7-9-16)14-17(21(26)25-10-12-29-13-11-25)20-23-18-4-2-3-5-19(18)24-20/h2-9,14H,10-13H2,1H3,(H,23,24). The van der Waals surface area contributed by atoms with Crippen molar-refractivity contribution < 1.29 is 19.1 Å². The van der Waals surface area contributed by atoms with Gasteiger partial charge in [0.05, 0.1) is 42.5 Å². The van der Waals surface area contributed by atoms with Crippen LogP contribution in [-0.4, -0.2) is 60.2 Å². The molecular weight excluding hydrogens is 370 g/mol. The lowest BCUT2D eigenvalue weighted by atomic mass is 10.1. The predicted octanol–water partition coefficient (Wildman–Crippen LogP) is 2.75. The number of para-hydroxylation sites is 2. The number of nitrogens with zero attached hydrogens (tertiary/aromatic N) is 2. The smallest absolute Gasteiger partial charge is 0.337 e. The fraction of sp³-hybridized carbons (Fsp3) is 0.227. The quantitative estimate of drug-likeness (QED) is 0.546. The van der Waals surface area contributed by atoms with Crippen molar-refractivity contribution in [3.63, 3.8) is 0 Å². The number of H-pyrrole nitrogens is 1. The van der Waals surface area contributed by atoms with Gasteiger partial charge in [0.2, 0.25) is 0 Å². The van der Waals surface area contributed by atoms with Crippen LogP contribution in [0.1, 0.15) is 21.7 Å². The van der Waals surface area contributed by atoms with Gasteiger partial charge < -0.3 is 19.4 Å². The van der Waals surface area contributed by atoms with Crippen LogP contribution in [-0.2, 0) is 14.3 Å². The van der Waals surface area contributed by atoms with E-state index in [1.165, 1.54) is 7.11 Å². The van der Waals surface area contributed by atoms with Crippen molar-refractivity contribution in [3.8, 4) is 0 Å². The summed E-state index contributed by atoms with van der Waals surface area (Å²) in [7, 11) is 1.34. The molecule has 1 fully saturated rings. The number of methoxy groups -OCH3 is 1. The first-order chi connectivity index (χ1) is 14.2. The summed E-state index contributed by atoms with van der Waals surface area (Å²) in [4.78, 5) is 34.5. The number of nitrogens with one attached hydrogen (secondary N) is 1. The number of aromatic amines is 1. The minimum Gasteiger partial charge on any atom is -0.465 e. The summed E-state index contributed by atoms with van der Waals surface area (Å²) in [6.45, 7) is 2.12. The molecule has 7 heteroatoms. The topological polar surface area (TPSA) is 84.5 Å². The average Bonchev–Trinajstić information content (AvgIpc) is 3.21. The number of amides is 1. The third-order valence-electron chi connectivity index (χ3n) is 4.82. The van der Waals surface area contributed by atoms with Crippen LogP contribution in [0.3, 0.4) is 0 Å². The second kappa shape index (κ2) is 8.28. The van der Waals surface area contributed by atoms with Crippen LogP contribution in [0.2, 0.25) is 0 Å². The molecule has 1 aromatic heterocycles. The number of hydrogen-bond donors (Lipinski definition) is 1. The monoisotopic (exact) mass is 391 g/mol. The van der Waals surface area contributed by atoms with Crippen molar-refractivity contribution in [1.82, 2.24) is 14.9 Å². The SMILES string of the molecule is COC(=O)c1ccc(C=C(C(=O)N2CCOCC2)c2nc3ccccc3[nH]2)cc1. The van der Waals surface area contributed by atoms with E-state index >= 15 is 0 Å². The number of benzene rings is 2. The molecule has 0 radical (unpaired) electrons. The number of hydrogen-bond acceptors (Lipinski definition) is 5. The second-order valence-corrected chi connectivity index (χ2v) is 6.68. The van der Waals surface area contributed by atoms with E-state index < -0.39 is 5.97 Å². The van der Waals surface area contributed by atoms with E-state index in [-0.39, 0.29) is 5.91 Å². The molecular formula is C22H21N3O4. The molecule has 0 atom stereocenters. The van der Waals surface area contributed by atoms with Gasteiger partial charge in [-0.3, -0.25) is 4.79 Å². The van der Waals surface area contributed by atoms with Crippen LogP contribution in [0.25, 0.3) is 22.7 Å². The Balaban J connectivity index is 1.73. The van der Waals surface area contributed by atoms with Gasteiger partial charge in [0.1, 0.15) is 5.82 Å². The van der Waals surface area contributed by atoms with Gasteiger partial charge in [-0.1, -0.05) is 24.3 Å². The van der Waals surface area contributed by atoms with Gasteiger partial charge in [-0.25, -0.2) is 9.78 Å². The largest absolute Gasteiger partial charge is 0.465 e. The third-order valence-corrected chi connectivity index (χ3v) is 4.82. The number of esters is 1. The average molecular weight is 391 g/mol. The van der Waals surface area contributed by atoms with Gasteiger partial charge in [0.25, 0.3) is 5.91 Å². The Labute approximate surface area is 167 Å². The molecule has 29 heavy (non-hydrogen) atoms. The molecule has 0 spiro atoms. The summed E-state index contributed by atoms with van der Waals surface area (Å²) in [5, 5.41) is 0. The van der Waals surface area contributed by atoms with Crippen LogP contribution in [0, 0.1) is 0 Å². The van der Waals surface area contributed by atoms with Gasteiger partial charge in [0, 0.05) is 13.1 Å². The first kappa shape index (κ1) is 18.9. The highest BCUT2D eigenvalue weighted by atomic mass is 16.5. The van der Waals surface area contributed by atoms with E-state index in [0.29, 0.717) is 43.3 Å². The van der Waals surface area contributed by atoms with E-state index in [0.717, 1.165) is 16.6 Å². The fourth-order valence-electron chi connectivity index (χ4n) is 3.25. The molecule has 7 nitrogen and oxygen atoms in total. The molecule has 3 aromatic rings. The van der Waals surface area contributed by atoms with E-state index in [2.05, 4.69) is 9.97 Å². The molecule has 4 rings (SSSR count). The number of aromatic nitrogens is 2. The minimum atomic E-state index is -0.401. The lowest BCUT2D eigenvalue weighted by molar-refractivity contribution is -0.128. The summed E-state index contributed by atoms with van der Waals surface area (Å²) in [6, 6.07) is 14.6. The summed E-state index contributed by atoms with van der Waals surface area (Å²) >= 11 is 0. The number of morpholine rings is 1. The lowest BCUT2D eigenvalue weighted by Gasteiger charge is -2.27. The summed E-state index contributed by atoms with van der Waals surface area (Å²) in [5.74, 6) is 0.00608. The van der Waals surface area contributed by atoms with Crippen molar-refractivity contribution in [2.45, 2.75) is 0 Å². The van der Waals surface area contributed by atoms with Crippen molar-refractivity contribution >= 4 is 34.6 Å². The Morgan fingerprint density at radius 2 is 1.83 bits per heavy atom. The van der Waals surface area contributed by atoms with Crippen LogP contribution < -0.4 is 0 Å². The van der Waals surface area contributed by atoms with Crippen molar-refractivity contribution in [2.24, 2.45) is 0 Å². The molecule has 148 valence electrons. The maximum Gasteiger partial charge on any atom is 0.337 e. The molecule has 1 N–H and O–H groups in total. The molecule has 1 amide bonds. The van der Waals surface area contributed by atoms with Crippen LogP contribution in [0.15, 0.2) is 48.5 Å². The van der Waals surface area contributed by atoms with Crippen LogP contribution in [0.5, 0.6) is 0 Å². The molecule has 2 aromatic carbocycles. The third kappa shape index (κ3) is 4.05. The number of carbonyl (C=O) groups excluding carboxylic acids is 2. The van der Waals surface area contributed by atoms with Gasteiger partial charge in [-0.15, -0.1) is 0 Å². The molecule has 2 heterocycles. The van der Waals surface area contributed by atoms with Crippen LogP contribution in [0.4, 0.5) is 0 Å². The summed E-state index contributed by atoms with van der Waals surface area (Å²) in [6.07, 6.45) is 1.79. The number of fused-ring (bicyclic) bond motifs is 1.